The highest BCUT2D eigenvalue weighted by Crippen LogP contribution is 2.12. The molecule has 0 spiro atoms. The first-order valence-corrected chi connectivity index (χ1v) is 11.8. The molecule has 1 unspecified atom stereocenters. The Morgan fingerprint density at radius 2 is 1.25 bits per heavy atom. The highest BCUT2D eigenvalue weighted by atomic mass is 16.5. The van der Waals surface area contributed by atoms with Crippen LogP contribution in [-0.2, 0) is 19.1 Å². The predicted molar refractivity (Wildman–Crippen MR) is 116 cm³/mol. The van der Waals surface area contributed by atoms with Gasteiger partial charge in [-0.3, -0.25) is 9.59 Å². The third-order valence-corrected chi connectivity index (χ3v) is 5.00. The van der Waals surface area contributed by atoms with Gasteiger partial charge in [-0.1, -0.05) is 78.6 Å². The summed E-state index contributed by atoms with van der Waals surface area (Å²) in [4.78, 5) is 23.5. The molecule has 0 rings (SSSR count). The van der Waals surface area contributed by atoms with Crippen LogP contribution in [0.5, 0.6) is 0 Å². The van der Waals surface area contributed by atoms with Crippen LogP contribution in [0.3, 0.4) is 0 Å². The Morgan fingerprint density at radius 3 is 1.86 bits per heavy atom. The third-order valence-electron chi connectivity index (χ3n) is 5.00. The first-order valence-electron chi connectivity index (χ1n) is 11.8. The van der Waals surface area contributed by atoms with Crippen molar-refractivity contribution in [1.82, 2.24) is 0 Å². The van der Waals surface area contributed by atoms with Crippen LogP contribution < -0.4 is 0 Å². The molecule has 0 amide bonds. The van der Waals surface area contributed by atoms with Gasteiger partial charge in [0.05, 0.1) is 12.7 Å². The number of carbonyl (C=O) groups excluding carboxylic acids is 2. The maximum atomic E-state index is 11.8. The monoisotopic (exact) mass is 398 g/mol. The van der Waals surface area contributed by atoms with Crippen LogP contribution >= 0.6 is 0 Å². The minimum absolute atomic E-state index is 0.0372. The fourth-order valence-corrected chi connectivity index (χ4v) is 3.20. The van der Waals surface area contributed by atoms with Crippen LogP contribution in [0.1, 0.15) is 124 Å². The zero-order valence-electron chi connectivity index (χ0n) is 19.1. The molecule has 0 saturated carbocycles. The summed E-state index contributed by atoms with van der Waals surface area (Å²) in [5.74, 6) is 0.283. The molecule has 0 aliphatic heterocycles. The minimum Gasteiger partial charge on any atom is -0.466 e. The number of rotatable bonds is 19. The van der Waals surface area contributed by atoms with E-state index < -0.39 is 0 Å². The van der Waals surface area contributed by atoms with E-state index in [1.54, 1.807) is 0 Å². The van der Waals surface area contributed by atoms with E-state index in [9.17, 15) is 9.59 Å². The first kappa shape index (κ1) is 26.9. The Morgan fingerprint density at radius 1 is 0.679 bits per heavy atom. The van der Waals surface area contributed by atoms with Gasteiger partial charge in [0, 0.05) is 12.8 Å². The van der Waals surface area contributed by atoms with Gasteiger partial charge in [-0.2, -0.15) is 0 Å². The number of carbonyl (C=O) groups is 2. The summed E-state index contributed by atoms with van der Waals surface area (Å²) in [5.41, 5.74) is 0. The maximum Gasteiger partial charge on any atom is 0.306 e. The van der Waals surface area contributed by atoms with Gasteiger partial charge in [-0.15, -0.1) is 0 Å². The van der Waals surface area contributed by atoms with E-state index >= 15 is 0 Å². The number of hydrogen-bond donors (Lipinski definition) is 0. The summed E-state index contributed by atoms with van der Waals surface area (Å²) < 4.78 is 10.6. The molecule has 0 saturated heterocycles. The largest absolute Gasteiger partial charge is 0.466 e. The predicted octanol–water partition coefficient (Wildman–Crippen LogP) is 6.99. The summed E-state index contributed by atoms with van der Waals surface area (Å²) in [5, 5.41) is 0. The molecule has 4 heteroatoms. The van der Waals surface area contributed by atoms with Crippen molar-refractivity contribution in [3.05, 3.63) is 0 Å². The third kappa shape index (κ3) is 19.7. The van der Waals surface area contributed by atoms with Crippen LogP contribution in [0.4, 0.5) is 0 Å². The van der Waals surface area contributed by atoms with E-state index in [1.165, 1.54) is 44.9 Å². The van der Waals surface area contributed by atoms with E-state index in [0.717, 1.165) is 32.1 Å². The van der Waals surface area contributed by atoms with Gasteiger partial charge in [-0.25, -0.2) is 0 Å². The van der Waals surface area contributed by atoms with Gasteiger partial charge in [-0.05, 0) is 38.5 Å². The molecule has 0 aliphatic carbocycles. The van der Waals surface area contributed by atoms with Gasteiger partial charge < -0.3 is 9.47 Å². The SMILES string of the molecule is CCCCCCCCCCCOC(=O)CCCC(=O)OC(C)CCCC(C)C. The molecule has 166 valence electrons. The summed E-state index contributed by atoms with van der Waals surface area (Å²) in [6, 6.07) is 0. The van der Waals surface area contributed by atoms with Crippen LogP contribution in [0.2, 0.25) is 0 Å². The second-order valence-electron chi connectivity index (χ2n) is 8.53. The Bertz CT molecular complexity index is 379. The Labute approximate surface area is 174 Å². The van der Waals surface area contributed by atoms with Crippen molar-refractivity contribution in [1.29, 1.82) is 0 Å². The Kier molecular flexibility index (Phi) is 18.5. The Hall–Kier alpha value is -1.06. The van der Waals surface area contributed by atoms with Gasteiger partial charge in [0.2, 0.25) is 0 Å². The van der Waals surface area contributed by atoms with Gasteiger partial charge in [0.25, 0.3) is 0 Å². The fourth-order valence-electron chi connectivity index (χ4n) is 3.20. The molecule has 0 heterocycles. The zero-order valence-corrected chi connectivity index (χ0v) is 19.1. The van der Waals surface area contributed by atoms with Gasteiger partial charge >= 0.3 is 11.9 Å². The average molecular weight is 399 g/mol. The Balaban J connectivity index is 3.45. The smallest absolute Gasteiger partial charge is 0.306 e. The van der Waals surface area contributed by atoms with E-state index in [2.05, 4.69) is 20.8 Å². The molecule has 0 radical (unpaired) electrons. The standard InChI is InChI=1S/C24H46O4/c1-5-6-7-8-9-10-11-12-13-20-27-23(25)18-15-19-24(26)28-22(4)17-14-16-21(2)3/h21-22H,5-20H2,1-4H3. The quantitative estimate of drug-likeness (QED) is 0.174. The van der Waals surface area contributed by atoms with E-state index in [4.69, 9.17) is 9.47 Å². The minimum atomic E-state index is -0.205. The molecular formula is C24H46O4. The molecule has 0 fully saturated rings. The molecule has 28 heavy (non-hydrogen) atoms. The summed E-state index contributed by atoms with van der Waals surface area (Å²) in [7, 11) is 0. The van der Waals surface area contributed by atoms with E-state index in [0.29, 0.717) is 31.8 Å². The van der Waals surface area contributed by atoms with E-state index in [-0.39, 0.29) is 18.0 Å². The highest BCUT2D eigenvalue weighted by Gasteiger charge is 2.11. The number of esters is 2. The fraction of sp³-hybridized carbons (Fsp3) is 0.917. The first-order chi connectivity index (χ1) is 13.5. The normalized spacial score (nSPS) is 12.2. The van der Waals surface area contributed by atoms with Crippen LogP contribution in [-0.4, -0.2) is 24.6 Å². The van der Waals surface area contributed by atoms with E-state index in [1.807, 2.05) is 6.92 Å². The lowest BCUT2D eigenvalue weighted by molar-refractivity contribution is -0.149. The van der Waals surface area contributed by atoms with Gasteiger partial charge in [0.1, 0.15) is 0 Å². The summed E-state index contributed by atoms with van der Waals surface area (Å²) >= 11 is 0. The lowest BCUT2D eigenvalue weighted by atomic mass is 10.0. The van der Waals surface area contributed by atoms with Crippen LogP contribution in [0.25, 0.3) is 0 Å². The molecule has 0 N–H and O–H groups in total. The van der Waals surface area contributed by atoms with Crippen LogP contribution in [0.15, 0.2) is 0 Å². The lowest BCUT2D eigenvalue weighted by Crippen LogP contribution is -2.15. The van der Waals surface area contributed by atoms with Crippen molar-refractivity contribution in [3.63, 3.8) is 0 Å². The number of hydrogen-bond acceptors (Lipinski definition) is 4. The second kappa shape index (κ2) is 19.3. The van der Waals surface area contributed by atoms with Crippen molar-refractivity contribution in [2.75, 3.05) is 6.61 Å². The molecule has 0 aromatic heterocycles. The van der Waals surface area contributed by atoms with Crippen molar-refractivity contribution in [2.24, 2.45) is 5.92 Å². The molecule has 0 aromatic rings. The summed E-state index contributed by atoms with van der Waals surface area (Å²) in [6.45, 7) is 9.09. The second-order valence-corrected chi connectivity index (χ2v) is 8.53. The molecule has 1 atom stereocenters. The molecule has 0 aliphatic rings. The van der Waals surface area contributed by atoms with Crippen molar-refractivity contribution >= 4 is 11.9 Å². The average Bonchev–Trinajstić information content (AvgIpc) is 2.62. The summed E-state index contributed by atoms with van der Waals surface area (Å²) in [6.07, 6.45) is 15.5. The lowest BCUT2D eigenvalue weighted by Gasteiger charge is -2.13. The van der Waals surface area contributed by atoms with Crippen molar-refractivity contribution in [2.45, 2.75) is 130 Å². The number of unbranched alkanes of at least 4 members (excludes halogenated alkanes) is 8. The highest BCUT2D eigenvalue weighted by molar-refractivity contribution is 5.72. The molecular weight excluding hydrogens is 352 g/mol. The van der Waals surface area contributed by atoms with Crippen LogP contribution in [0, 0.1) is 5.92 Å². The van der Waals surface area contributed by atoms with Crippen molar-refractivity contribution < 1.29 is 19.1 Å². The van der Waals surface area contributed by atoms with Crippen molar-refractivity contribution in [3.8, 4) is 0 Å². The molecule has 4 nitrogen and oxygen atoms in total. The number of ether oxygens (including phenoxy) is 2. The molecule has 0 bridgehead atoms. The molecule has 0 aromatic carbocycles. The topological polar surface area (TPSA) is 52.6 Å². The zero-order chi connectivity index (χ0) is 21.0. The van der Waals surface area contributed by atoms with Gasteiger partial charge in [0.15, 0.2) is 0 Å². The maximum absolute atomic E-state index is 11.8.